The maximum Gasteiger partial charge on any atom is 0.276 e. The Morgan fingerprint density at radius 1 is 1.33 bits per heavy atom. The van der Waals surface area contributed by atoms with Crippen LogP contribution in [0.15, 0.2) is 12.1 Å². The summed E-state index contributed by atoms with van der Waals surface area (Å²) in [6.07, 6.45) is 0. The quantitative estimate of drug-likeness (QED) is 0.470. The zero-order valence-corrected chi connectivity index (χ0v) is 11.2. The number of hydrogen-bond donors (Lipinski definition) is 0. The molecule has 5 nitrogen and oxygen atoms in total. The highest BCUT2D eigenvalue weighted by atomic mass is 16.6. The van der Waals surface area contributed by atoms with Crippen LogP contribution in [0.3, 0.4) is 0 Å². The maximum atomic E-state index is 11.5. The smallest absolute Gasteiger partial charge is 0.276 e. The third-order valence-electron chi connectivity index (χ3n) is 2.70. The minimum atomic E-state index is -0.451. The van der Waals surface area contributed by atoms with Crippen molar-refractivity contribution >= 4 is 11.5 Å². The van der Waals surface area contributed by atoms with Crippen LogP contribution < -0.4 is 4.74 Å². The molecule has 0 aliphatic heterocycles. The number of Topliss-reactive ketones (excluding diaryl/α,β-unsaturated/α-hetero) is 1. The Kier molecular flexibility index (Phi) is 3.74. The highest BCUT2D eigenvalue weighted by molar-refractivity contribution is 5.97. The molecule has 0 saturated carbocycles. The van der Waals surface area contributed by atoms with E-state index in [1.54, 1.807) is 6.07 Å². The fourth-order valence-electron chi connectivity index (χ4n) is 1.76. The molecule has 5 heteroatoms. The van der Waals surface area contributed by atoms with E-state index in [0.29, 0.717) is 11.1 Å². The van der Waals surface area contributed by atoms with Crippen LogP contribution in [0.5, 0.6) is 5.75 Å². The van der Waals surface area contributed by atoms with Gasteiger partial charge in [0, 0.05) is 5.56 Å². The van der Waals surface area contributed by atoms with Crippen molar-refractivity contribution in [3.8, 4) is 5.75 Å². The topological polar surface area (TPSA) is 69.4 Å². The summed E-state index contributed by atoms with van der Waals surface area (Å²) in [6, 6.07) is 2.87. The first-order valence-corrected chi connectivity index (χ1v) is 5.56. The number of methoxy groups -OCH3 is 1. The fourth-order valence-corrected chi connectivity index (χ4v) is 1.76. The third-order valence-corrected chi connectivity index (χ3v) is 2.70. The number of carbonyl (C=O) groups is 1. The normalized spacial score (nSPS) is 11.2. The van der Waals surface area contributed by atoms with E-state index in [0.717, 1.165) is 0 Å². The van der Waals surface area contributed by atoms with Gasteiger partial charge in [-0.2, -0.15) is 0 Å². The number of carbonyl (C=O) groups excluding carboxylic acids is 1. The SMILES string of the molecule is COc1cc([N+](=O)[O-])c(C(C)(C)C)cc1C(C)=O. The average Bonchev–Trinajstić information content (AvgIpc) is 2.25. The molecule has 1 aromatic carbocycles. The monoisotopic (exact) mass is 251 g/mol. The lowest BCUT2D eigenvalue weighted by atomic mass is 9.84. The van der Waals surface area contributed by atoms with Crippen LogP contribution in [0.4, 0.5) is 5.69 Å². The minimum Gasteiger partial charge on any atom is -0.496 e. The van der Waals surface area contributed by atoms with E-state index in [9.17, 15) is 14.9 Å². The summed E-state index contributed by atoms with van der Waals surface area (Å²) in [5.41, 5.74) is 0.453. The molecule has 98 valence electrons. The minimum absolute atomic E-state index is 0.0237. The first-order chi connectivity index (χ1) is 8.18. The van der Waals surface area contributed by atoms with Gasteiger partial charge in [0.25, 0.3) is 5.69 Å². The molecule has 0 saturated heterocycles. The van der Waals surface area contributed by atoms with Gasteiger partial charge in [0.15, 0.2) is 5.78 Å². The maximum absolute atomic E-state index is 11.5. The Labute approximate surface area is 106 Å². The number of ketones is 1. The van der Waals surface area contributed by atoms with Gasteiger partial charge < -0.3 is 4.74 Å². The number of benzene rings is 1. The Morgan fingerprint density at radius 2 is 1.89 bits per heavy atom. The summed E-state index contributed by atoms with van der Waals surface area (Å²) in [6.45, 7) is 7.01. The van der Waals surface area contributed by atoms with Crippen LogP contribution >= 0.6 is 0 Å². The summed E-state index contributed by atoms with van der Waals surface area (Å²) in [4.78, 5) is 22.2. The Morgan fingerprint density at radius 3 is 2.22 bits per heavy atom. The van der Waals surface area contributed by atoms with Gasteiger partial charge in [0.2, 0.25) is 0 Å². The molecular formula is C13H17NO4. The van der Waals surface area contributed by atoms with Crippen molar-refractivity contribution < 1.29 is 14.5 Å². The van der Waals surface area contributed by atoms with Crippen LogP contribution in [0.2, 0.25) is 0 Å². The standard InChI is InChI=1S/C13H17NO4/c1-8(15)9-6-10(13(2,3)4)11(14(16)17)7-12(9)18-5/h6-7H,1-5H3. The van der Waals surface area contributed by atoms with E-state index >= 15 is 0 Å². The molecule has 0 aliphatic rings. The fraction of sp³-hybridized carbons (Fsp3) is 0.462. The van der Waals surface area contributed by atoms with Gasteiger partial charge in [-0.3, -0.25) is 14.9 Å². The molecule has 0 spiro atoms. The Bertz CT molecular complexity index is 500. The van der Waals surface area contributed by atoms with Crippen molar-refractivity contribution in [2.75, 3.05) is 7.11 Å². The summed E-state index contributed by atoms with van der Waals surface area (Å²) < 4.78 is 5.04. The summed E-state index contributed by atoms with van der Waals surface area (Å²) in [5.74, 6) is 0.0643. The van der Waals surface area contributed by atoms with E-state index in [-0.39, 0.29) is 17.2 Å². The van der Waals surface area contributed by atoms with Gasteiger partial charge in [-0.05, 0) is 18.4 Å². The third kappa shape index (κ3) is 2.67. The molecular weight excluding hydrogens is 234 g/mol. The van der Waals surface area contributed by atoms with E-state index in [1.165, 1.54) is 20.1 Å². The highest BCUT2D eigenvalue weighted by Gasteiger charge is 2.28. The molecule has 0 heterocycles. The molecule has 18 heavy (non-hydrogen) atoms. The molecule has 0 aliphatic carbocycles. The van der Waals surface area contributed by atoms with Gasteiger partial charge in [-0.1, -0.05) is 20.8 Å². The van der Waals surface area contributed by atoms with Gasteiger partial charge in [-0.15, -0.1) is 0 Å². The molecule has 0 unspecified atom stereocenters. The lowest BCUT2D eigenvalue weighted by Crippen LogP contribution is -2.15. The van der Waals surface area contributed by atoms with Crippen LogP contribution in [0.1, 0.15) is 43.6 Å². The van der Waals surface area contributed by atoms with Crippen LogP contribution in [-0.4, -0.2) is 17.8 Å². The average molecular weight is 251 g/mol. The first kappa shape index (κ1) is 14.2. The van der Waals surface area contributed by atoms with Crippen molar-refractivity contribution in [3.63, 3.8) is 0 Å². The second kappa shape index (κ2) is 4.76. The molecule has 0 bridgehead atoms. The number of nitro benzene ring substituents is 1. The largest absolute Gasteiger partial charge is 0.496 e. The molecule has 1 aromatic rings. The zero-order valence-electron chi connectivity index (χ0n) is 11.2. The highest BCUT2D eigenvalue weighted by Crippen LogP contribution is 2.36. The van der Waals surface area contributed by atoms with Gasteiger partial charge in [-0.25, -0.2) is 0 Å². The van der Waals surface area contributed by atoms with Crippen molar-refractivity contribution in [2.24, 2.45) is 0 Å². The van der Waals surface area contributed by atoms with Crippen molar-refractivity contribution in [2.45, 2.75) is 33.1 Å². The lowest BCUT2D eigenvalue weighted by Gasteiger charge is -2.20. The second-order valence-corrected chi connectivity index (χ2v) is 5.13. The summed E-state index contributed by atoms with van der Waals surface area (Å²) >= 11 is 0. The number of nitrogens with zero attached hydrogens (tertiary/aromatic N) is 1. The molecule has 0 atom stereocenters. The van der Waals surface area contributed by atoms with Crippen LogP contribution in [0.25, 0.3) is 0 Å². The van der Waals surface area contributed by atoms with Crippen molar-refractivity contribution in [1.29, 1.82) is 0 Å². The predicted octanol–water partition coefficient (Wildman–Crippen LogP) is 3.10. The number of rotatable bonds is 3. The molecule has 0 aromatic heterocycles. The van der Waals surface area contributed by atoms with E-state index in [1.807, 2.05) is 20.8 Å². The van der Waals surface area contributed by atoms with Gasteiger partial charge in [0.1, 0.15) is 5.75 Å². The van der Waals surface area contributed by atoms with Gasteiger partial charge in [0.05, 0.1) is 23.7 Å². The summed E-state index contributed by atoms with van der Waals surface area (Å²) in [5, 5.41) is 11.1. The number of ether oxygens (including phenoxy) is 1. The molecule has 0 amide bonds. The Balaban J connectivity index is 3.63. The van der Waals surface area contributed by atoms with E-state index in [4.69, 9.17) is 4.74 Å². The van der Waals surface area contributed by atoms with Crippen LogP contribution in [-0.2, 0) is 5.41 Å². The first-order valence-electron chi connectivity index (χ1n) is 5.56. The zero-order chi connectivity index (χ0) is 14.1. The van der Waals surface area contributed by atoms with E-state index in [2.05, 4.69) is 0 Å². The van der Waals surface area contributed by atoms with Crippen LogP contribution in [0, 0.1) is 10.1 Å². The summed E-state index contributed by atoms with van der Waals surface area (Å²) in [7, 11) is 1.39. The molecule has 0 fully saturated rings. The van der Waals surface area contributed by atoms with Crippen molar-refractivity contribution in [3.05, 3.63) is 33.4 Å². The number of hydrogen-bond acceptors (Lipinski definition) is 4. The number of nitro groups is 1. The lowest BCUT2D eigenvalue weighted by molar-refractivity contribution is -0.386. The van der Waals surface area contributed by atoms with Gasteiger partial charge >= 0.3 is 0 Å². The molecule has 0 N–H and O–H groups in total. The van der Waals surface area contributed by atoms with E-state index < -0.39 is 10.3 Å². The Hall–Kier alpha value is -1.91. The second-order valence-electron chi connectivity index (χ2n) is 5.13. The predicted molar refractivity (Wildman–Crippen MR) is 68.4 cm³/mol. The van der Waals surface area contributed by atoms with Crippen molar-refractivity contribution in [1.82, 2.24) is 0 Å². The molecule has 1 rings (SSSR count). The molecule has 0 radical (unpaired) electrons.